The van der Waals surface area contributed by atoms with E-state index in [-0.39, 0.29) is 39.4 Å². The lowest BCUT2D eigenvalue weighted by Crippen LogP contribution is -2.66. The molecule has 370 valence electrons. The molecule has 0 radical (unpaired) electrons. The Labute approximate surface area is 380 Å². The van der Waals surface area contributed by atoms with Crippen molar-refractivity contribution in [3.63, 3.8) is 0 Å². The number of ether oxygens (including phenoxy) is 6. The molecule has 0 aromatic carbocycles. The number of allylic oxidation sites excluding steroid dienone is 2. The molecule has 4 saturated carbocycles. The van der Waals surface area contributed by atoms with E-state index in [1.165, 1.54) is 5.57 Å². The SMILES string of the molecule is CC1(C)CC[C@]2(C(=O)O)CC[C@]3(C)C(=CC[C@@H]4[C@@]5(C)CC[C@H](O[C@@H]6O[C@H](C(=O)O[C@@H]7O[C@H](CO)[C@@H](O)C(O)C7O)[C@@H](O[C@@H]7O[C@@H](CO)[C@H](O)[C@H]7O)[C@H](O)[C@H]6O)C(C)(C)[C@@H]5CC[C@]43C)[C@@H]2C1. The smallest absolute Gasteiger partial charge is 0.340 e. The van der Waals surface area contributed by atoms with E-state index in [0.29, 0.717) is 19.3 Å². The minimum Gasteiger partial charge on any atom is -0.481 e. The van der Waals surface area contributed by atoms with Crippen LogP contribution >= 0.6 is 0 Å². The van der Waals surface area contributed by atoms with Crippen molar-refractivity contribution in [2.75, 3.05) is 13.2 Å². The Hall–Kier alpha value is -1.88. The number of hydrogen-bond donors (Lipinski definition) is 10. The second kappa shape index (κ2) is 17.2. The van der Waals surface area contributed by atoms with Crippen LogP contribution in [-0.4, -0.2) is 168 Å². The molecule has 22 atom stereocenters. The summed E-state index contributed by atoms with van der Waals surface area (Å²) in [4.78, 5) is 27.2. The Bertz CT molecular complexity index is 1820. The van der Waals surface area contributed by atoms with Gasteiger partial charge in [0.05, 0.1) is 24.7 Å². The highest BCUT2D eigenvalue weighted by atomic mass is 16.8. The van der Waals surface area contributed by atoms with Gasteiger partial charge in [0.25, 0.3) is 0 Å². The van der Waals surface area contributed by atoms with E-state index in [9.17, 15) is 60.7 Å². The van der Waals surface area contributed by atoms with Crippen molar-refractivity contribution in [2.45, 2.75) is 205 Å². The summed E-state index contributed by atoms with van der Waals surface area (Å²) in [6.07, 6.45) is -15.0. The number of esters is 1. The van der Waals surface area contributed by atoms with Gasteiger partial charge in [0.2, 0.25) is 6.29 Å². The number of aliphatic hydroxyl groups excluding tert-OH is 9. The molecule has 65 heavy (non-hydrogen) atoms. The van der Waals surface area contributed by atoms with Gasteiger partial charge in [-0.25, -0.2) is 4.79 Å². The molecule has 10 N–H and O–H groups in total. The highest BCUT2D eigenvalue weighted by Gasteiger charge is 2.70. The Kier molecular flexibility index (Phi) is 13.1. The fraction of sp³-hybridized carbons (Fsp3) is 0.915. The third kappa shape index (κ3) is 7.67. The molecule has 8 aliphatic rings. The Morgan fingerprint density at radius 1 is 0.662 bits per heavy atom. The molecule has 3 saturated heterocycles. The molecule has 0 amide bonds. The predicted octanol–water partition coefficient (Wildman–Crippen LogP) is 0.872. The summed E-state index contributed by atoms with van der Waals surface area (Å²) in [5.41, 5.74) is -0.309. The largest absolute Gasteiger partial charge is 0.481 e. The topological polar surface area (TPSA) is 292 Å². The van der Waals surface area contributed by atoms with Crippen LogP contribution in [0.4, 0.5) is 0 Å². The first-order valence-electron chi connectivity index (χ1n) is 23.7. The number of aliphatic carboxylic acids is 1. The molecule has 0 spiro atoms. The average Bonchev–Trinajstić information content (AvgIpc) is 3.52. The molecule has 18 heteroatoms. The van der Waals surface area contributed by atoms with Crippen LogP contribution in [0.15, 0.2) is 11.6 Å². The van der Waals surface area contributed by atoms with Gasteiger partial charge in [-0.05, 0) is 109 Å². The van der Waals surface area contributed by atoms with Gasteiger partial charge >= 0.3 is 11.9 Å². The van der Waals surface area contributed by atoms with E-state index in [0.717, 1.165) is 44.9 Å². The van der Waals surface area contributed by atoms with E-state index in [1.54, 1.807) is 0 Å². The van der Waals surface area contributed by atoms with Crippen molar-refractivity contribution in [1.29, 1.82) is 0 Å². The van der Waals surface area contributed by atoms with E-state index in [4.69, 9.17) is 28.4 Å². The number of carboxylic acid groups (broad SMARTS) is 1. The lowest BCUT2D eigenvalue weighted by Gasteiger charge is -2.71. The zero-order valence-electron chi connectivity index (χ0n) is 38.7. The van der Waals surface area contributed by atoms with Crippen LogP contribution in [0.3, 0.4) is 0 Å². The molecular formula is C47H74O18. The van der Waals surface area contributed by atoms with Crippen molar-refractivity contribution in [2.24, 2.45) is 50.2 Å². The number of carbonyl (C=O) groups excluding carboxylic acids is 1. The van der Waals surface area contributed by atoms with Gasteiger partial charge < -0.3 is 79.5 Å². The van der Waals surface area contributed by atoms with Gasteiger partial charge in [0.1, 0.15) is 61.0 Å². The van der Waals surface area contributed by atoms with Gasteiger partial charge in [-0.1, -0.05) is 60.1 Å². The molecule has 8 rings (SSSR count). The van der Waals surface area contributed by atoms with Crippen molar-refractivity contribution in [3.8, 4) is 0 Å². The van der Waals surface area contributed by atoms with Crippen LogP contribution < -0.4 is 0 Å². The van der Waals surface area contributed by atoms with Gasteiger partial charge in [-0.2, -0.15) is 0 Å². The van der Waals surface area contributed by atoms with Crippen LogP contribution in [0.5, 0.6) is 0 Å². The van der Waals surface area contributed by atoms with Crippen LogP contribution in [0.25, 0.3) is 0 Å². The highest BCUT2D eigenvalue weighted by molar-refractivity contribution is 5.77. The molecule has 7 fully saturated rings. The van der Waals surface area contributed by atoms with Gasteiger partial charge in [0.15, 0.2) is 18.7 Å². The third-order valence-electron chi connectivity index (χ3n) is 18.9. The number of aliphatic hydroxyl groups is 9. The minimum absolute atomic E-state index is 0.00762. The van der Waals surface area contributed by atoms with E-state index in [2.05, 4.69) is 54.5 Å². The summed E-state index contributed by atoms with van der Waals surface area (Å²) in [5, 5.41) is 106. The van der Waals surface area contributed by atoms with Crippen molar-refractivity contribution < 1.29 is 89.1 Å². The molecule has 0 aromatic heterocycles. The van der Waals surface area contributed by atoms with Crippen LogP contribution in [0.2, 0.25) is 0 Å². The second-order valence-corrected chi connectivity index (χ2v) is 23.0. The van der Waals surface area contributed by atoms with Gasteiger partial charge in [-0.15, -0.1) is 0 Å². The van der Waals surface area contributed by atoms with Crippen molar-refractivity contribution in [3.05, 3.63) is 11.6 Å². The molecule has 3 heterocycles. The molecule has 0 bridgehead atoms. The van der Waals surface area contributed by atoms with Crippen molar-refractivity contribution >= 4 is 11.9 Å². The van der Waals surface area contributed by atoms with E-state index in [1.807, 2.05) is 0 Å². The Morgan fingerprint density at radius 3 is 1.89 bits per heavy atom. The Morgan fingerprint density at radius 2 is 1.25 bits per heavy atom. The number of carbonyl (C=O) groups is 2. The highest BCUT2D eigenvalue weighted by Crippen LogP contribution is 2.76. The molecule has 3 aliphatic heterocycles. The summed E-state index contributed by atoms with van der Waals surface area (Å²) >= 11 is 0. The maximum atomic E-state index is 14.0. The van der Waals surface area contributed by atoms with Crippen LogP contribution in [-0.2, 0) is 38.0 Å². The second-order valence-electron chi connectivity index (χ2n) is 23.0. The number of fused-ring (bicyclic) bond motifs is 7. The van der Waals surface area contributed by atoms with E-state index >= 15 is 0 Å². The first kappa shape index (κ1) is 49.5. The third-order valence-corrected chi connectivity index (χ3v) is 18.9. The molecule has 5 aliphatic carbocycles. The lowest BCUT2D eigenvalue weighted by molar-refractivity contribution is -0.347. The lowest BCUT2D eigenvalue weighted by atomic mass is 9.33. The Balaban J connectivity index is 1.04. The molecular weight excluding hydrogens is 852 g/mol. The summed E-state index contributed by atoms with van der Waals surface area (Å²) in [7, 11) is 0. The first-order valence-corrected chi connectivity index (χ1v) is 23.7. The summed E-state index contributed by atoms with van der Waals surface area (Å²) < 4.78 is 34.8. The standard InChI is InChI=1S/C47H74O18/c1-42(2)14-16-47(41(58)59)17-15-45(6)21(22(47)18-42)8-9-26-44(5)12-11-27(43(3,4)25(44)10-13-46(26,45)7)62-40-34(56)31(53)35(63-38-32(54)29(51)24(20-49)60-38)36(64-40)37(57)65-39-33(55)30(52)28(50)23(19-48)61-39/h8,22-36,38-40,48-56H,9-20H2,1-7H3,(H,58,59)/t22-,23+,24-,25-,26+,27-,28+,29-,30?,31+,32+,33?,34+,35-,36-,38-,39-,40+,44-,45+,46+,47-/m0/s1. The van der Waals surface area contributed by atoms with Gasteiger partial charge in [0, 0.05) is 0 Å². The zero-order valence-corrected chi connectivity index (χ0v) is 38.7. The van der Waals surface area contributed by atoms with Gasteiger partial charge in [-0.3, -0.25) is 4.79 Å². The summed E-state index contributed by atoms with van der Waals surface area (Å²) in [6.45, 7) is 14.5. The number of hydrogen-bond acceptors (Lipinski definition) is 17. The summed E-state index contributed by atoms with van der Waals surface area (Å²) in [6, 6.07) is 0. The minimum atomic E-state index is -1.98. The fourth-order valence-corrected chi connectivity index (χ4v) is 14.8. The maximum Gasteiger partial charge on any atom is 0.340 e. The molecule has 0 aromatic rings. The quantitative estimate of drug-likeness (QED) is 0.0872. The van der Waals surface area contributed by atoms with Crippen LogP contribution in [0, 0.1) is 50.2 Å². The predicted molar refractivity (Wildman–Crippen MR) is 225 cm³/mol. The zero-order chi connectivity index (χ0) is 47.6. The molecule has 18 nitrogen and oxygen atoms in total. The average molecular weight is 927 g/mol. The normalized spacial score (nSPS) is 52.5. The maximum absolute atomic E-state index is 14.0. The van der Waals surface area contributed by atoms with Crippen LogP contribution in [0.1, 0.15) is 113 Å². The monoisotopic (exact) mass is 926 g/mol. The summed E-state index contributed by atoms with van der Waals surface area (Å²) in [5.74, 6) is -1.60. The van der Waals surface area contributed by atoms with E-state index < -0.39 is 128 Å². The fourth-order valence-electron chi connectivity index (χ4n) is 14.8. The number of carboxylic acids is 1. The molecule has 2 unspecified atom stereocenters. The first-order chi connectivity index (χ1) is 30.3. The number of rotatable bonds is 9. The van der Waals surface area contributed by atoms with Crippen molar-refractivity contribution in [1.82, 2.24) is 0 Å².